The van der Waals surface area contributed by atoms with E-state index in [4.69, 9.17) is 4.74 Å². The maximum atomic E-state index is 12.8. The summed E-state index contributed by atoms with van der Waals surface area (Å²) in [5, 5.41) is 0. The zero-order valence-corrected chi connectivity index (χ0v) is 13.1. The number of hydrogen-bond donors (Lipinski definition) is 0. The largest absolute Gasteiger partial charge is 0.494 e. The number of benzene rings is 2. The van der Waals surface area contributed by atoms with Crippen LogP contribution in [0.1, 0.15) is 29.2 Å². The van der Waals surface area contributed by atoms with Crippen molar-refractivity contribution in [3.05, 3.63) is 64.7 Å². The van der Waals surface area contributed by atoms with Crippen molar-refractivity contribution < 1.29 is 31.1 Å². The van der Waals surface area contributed by atoms with E-state index in [1.165, 1.54) is 12.2 Å². The van der Waals surface area contributed by atoms with Crippen molar-refractivity contribution in [1.29, 1.82) is 0 Å². The second-order valence-corrected chi connectivity index (χ2v) is 5.17. The van der Waals surface area contributed by atoms with E-state index in [1.807, 2.05) is 6.92 Å². The Labute approximate surface area is 140 Å². The molecule has 0 fully saturated rings. The number of ether oxygens (including phenoxy) is 1. The van der Waals surface area contributed by atoms with E-state index in [-0.39, 0.29) is 11.6 Å². The molecule has 0 aliphatic heterocycles. The standard InChI is InChI=1S/C18H14F6O/c1-2-25-16-7-5-12(6-8-16)3-4-13-9-14(17(19,20)21)11-15(10-13)18(22,23)24/h3-11H,2H2,1H3/b4-3+. The van der Waals surface area contributed by atoms with Crippen molar-refractivity contribution in [2.45, 2.75) is 19.3 Å². The van der Waals surface area contributed by atoms with Gasteiger partial charge >= 0.3 is 12.4 Å². The van der Waals surface area contributed by atoms with E-state index in [2.05, 4.69) is 0 Å². The van der Waals surface area contributed by atoms with Gasteiger partial charge in [-0.05, 0) is 48.4 Å². The highest BCUT2D eigenvalue weighted by Crippen LogP contribution is 2.36. The Balaban J connectivity index is 2.34. The molecule has 0 unspecified atom stereocenters. The van der Waals surface area contributed by atoms with Crippen LogP contribution in [0.4, 0.5) is 26.3 Å². The Hall–Kier alpha value is -2.44. The molecule has 2 aromatic rings. The maximum Gasteiger partial charge on any atom is 0.416 e. The summed E-state index contributed by atoms with van der Waals surface area (Å²) in [4.78, 5) is 0. The molecule has 0 bridgehead atoms. The van der Waals surface area contributed by atoms with Crippen LogP contribution in [0.3, 0.4) is 0 Å². The van der Waals surface area contributed by atoms with Crippen LogP contribution < -0.4 is 4.74 Å². The van der Waals surface area contributed by atoms with Gasteiger partial charge in [0.15, 0.2) is 0 Å². The summed E-state index contributed by atoms with van der Waals surface area (Å²) >= 11 is 0. The Morgan fingerprint density at radius 2 is 1.24 bits per heavy atom. The minimum atomic E-state index is -4.86. The third-order valence-corrected chi connectivity index (χ3v) is 3.27. The molecular formula is C18H14F6O. The number of hydrogen-bond acceptors (Lipinski definition) is 1. The highest BCUT2D eigenvalue weighted by molar-refractivity contribution is 5.70. The van der Waals surface area contributed by atoms with E-state index in [9.17, 15) is 26.3 Å². The first kappa shape index (κ1) is 18.9. The van der Waals surface area contributed by atoms with Gasteiger partial charge in [-0.2, -0.15) is 26.3 Å². The maximum absolute atomic E-state index is 12.8. The molecule has 25 heavy (non-hydrogen) atoms. The Morgan fingerprint density at radius 1 is 0.760 bits per heavy atom. The lowest BCUT2D eigenvalue weighted by molar-refractivity contribution is -0.143. The molecule has 2 rings (SSSR count). The zero-order chi connectivity index (χ0) is 18.7. The van der Waals surface area contributed by atoms with Gasteiger partial charge in [-0.15, -0.1) is 0 Å². The first-order valence-electron chi connectivity index (χ1n) is 7.30. The Morgan fingerprint density at radius 3 is 1.68 bits per heavy atom. The van der Waals surface area contributed by atoms with Crippen LogP contribution in [0.15, 0.2) is 42.5 Å². The molecule has 0 aliphatic carbocycles. The zero-order valence-electron chi connectivity index (χ0n) is 13.1. The topological polar surface area (TPSA) is 9.23 Å². The van der Waals surface area contributed by atoms with Crippen LogP contribution >= 0.6 is 0 Å². The summed E-state index contributed by atoms with van der Waals surface area (Å²) in [7, 11) is 0. The van der Waals surface area contributed by atoms with Crippen LogP contribution in [0, 0.1) is 0 Å². The molecule has 0 aliphatic rings. The van der Waals surface area contributed by atoms with Gasteiger partial charge in [0.05, 0.1) is 17.7 Å². The van der Waals surface area contributed by atoms with Gasteiger partial charge in [-0.25, -0.2) is 0 Å². The van der Waals surface area contributed by atoms with Gasteiger partial charge in [0.2, 0.25) is 0 Å². The summed E-state index contributed by atoms with van der Waals surface area (Å²) in [6, 6.07) is 8.10. The van der Waals surface area contributed by atoms with Crippen molar-refractivity contribution >= 4 is 12.2 Å². The minimum Gasteiger partial charge on any atom is -0.494 e. The van der Waals surface area contributed by atoms with Crippen LogP contribution in [0.2, 0.25) is 0 Å². The van der Waals surface area contributed by atoms with Crippen molar-refractivity contribution in [1.82, 2.24) is 0 Å². The third kappa shape index (κ3) is 5.27. The molecule has 134 valence electrons. The highest BCUT2D eigenvalue weighted by atomic mass is 19.4. The third-order valence-electron chi connectivity index (χ3n) is 3.27. The summed E-state index contributed by atoms with van der Waals surface area (Å²) < 4.78 is 82.1. The van der Waals surface area contributed by atoms with E-state index in [0.717, 1.165) is 0 Å². The number of halogens is 6. The fourth-order valence-corrected chi connectivity index (χ4v) is 2.11. The molecule has 2 aromatic carbocycles. The SMILES string of the molecule is CCOc1ccc(/C=C/c2cc(C(F)(F)F)cc(C(F)(F)F)c2)cc1. The summed E-state index contributed by atoms with van der Waals surface area (Å²) in [6.07, 6.45) is -7.07. The van der Waals surface area contributed by atoms with Crippen LogP contribution in [0.5, 0.6) is 5.75 Å². The summed E-state index contributed by atoms with van der Waals surface area (Å²) in [5.74, 6) is 0.623. The predicted molar refractivity (Wildman–Crippen MR) is 83.0 cm³/mol. The lowest BCUT2D eigenvalue weighted by atomic mass is 10.0. The van der Waals surface area contributed by atoms with Crippen LogP contribution in [0.25, 0.3) is 12.2 Å². The van der Waals surface area contributed by atoms with Crippen LogP contribution in [-0.2, 0) is 12.4 Å². The van der Waals surface area contributed by atoms with E-state index in [0.29, 0.717) is 30.1 Å². The van der Waals surface area contributed by atoms with E-state index < -0.39 is 23.5 Å². The van der Waals surface area contributed by atoms with Crippen molar-refractivity contribution in [3.63, 3.8) is 0 Å². The molecule has 0 amide bonds. The highest BCUT2D eigenvalue weighted by Gasteiger charge is 2.36. The Bertz CT molecular complexity index is 709. The molecule has 0 N–H and O–H groups in total. The van der Waals surface area contributed by atoms with Gasteiger partial charge in [-0.1, -0.05) is 24.3 Å². The fourth-order valence-electron chi connectivity index (χ4n) is 2.11. The second kappa shape index (κ2) is 7.21. The second-order valence-electron chi connectivity index (χ2n) is 5.17. The summed E-state index contributed by atoms with van der Waals surface area (Å²) in [5.41, 5.74) is -2.24. The lowest BCUT2D eigenvalue weighted by Gasteiger charge is -2.13. The molecule has 0 radical (unpaired) electrons. The molecule has 0 aromatic heterocycles. The molecular weight excluding hydrogens is 346 g/mol. The van der Waals surface area contributed by atoms with Gasteiger partial charge < -0.3 is 4.74 Å². The minimum absolute atomic E-state index is 0.105. The van der Waals surface area contributed by atoms with E-state index >= 15 is 0 Å². The first-order valence-corrected chi connectivity index (χ1v) is 7.30. The molecule has 0 saturated carbocycles. The number of alkyl halides is 6. The average molecular weight is 360 g/mol. The molecule has 0 saturated heterocycles. The smallest absolute Gasteiger partial charge is 0.416 e. The molecule has 1 nitrogen and oxygen atoms in total. The fraction of sp³-hybridized carbons (Fsp3) is 0.222. The van der Waals surface area contributed by atoms with E-state index in [1.54, 1.807) is 24.3 Å². The van der Waals surface area contributed by atoms with Gasteiger partial charge in [-0.3, -0.25) is 0 Å². The Kier molecular flexibility index (Phi) is 5.45. The normalized spacial score (nSPS) is 12.6. The van der Waals surface area contributed by atoms with Crippen molar-refractivity contribution in [2.24, 2.45) is 0 Å². The van der Waals surface area contributed by atoms with Crippen molar-refractivity contribution in [3.8, 4) is 5.75 Å². The van der Waals surface area contributed by atoms with Gasteiger partial charge in [0.1, 0.15) is 5.75 Å². The molecule has 7 heteroatoms. The van der Waals surface area contributed by atoms with Crippen LogP contribution in [-0.4, -0.2) is 6.61 Å². The lowest BCUT2D eigenvalue weighted by Crippen LogP contribution is -2.11. The summed E-state index contributed by atoms with van der Waals surface area (Å²) in [6.45, 7) is 2.30. The first-order chi connectivity index (χ1) is 11.6. The predicted octanol–water partition coefficient (Wildman–Crippen LogP) is 6.29. The molecule has 0 heterocycles. The molecule has 0 atom stereocenters. The monoisotopic (exact) mass is 360 g/mol. The molecule has 0 spiro atoms. The van der Waals surface area contributed by atoms with Gasteiger partial charge in [0.25, 0.3) is 0 Å². The average Bonchev–Trinajstić information content (AvgIpc) is 2.52. The van der Waals surface area contributed by atoms with Crippen molar-refractivity contribution in [2.75, 3.05) is 6.61 Å². The number of rotatable bonds is 4. The quantitative estimate of drug-likeness (QED) is 0.460. The van der Waals surface area contributed by atoms with Gasteiger partial charge in [0, 0.05) is 0 Å².